The second kappa shape index (κ2) is 6.34. The number of likely N-dealkylation sites (N-methyl/N-ethyl adjacent to an activating group) is 1. The van der Waals surface area contributed by atoms with Gasteiger partial charge in [0.1, 0.15) is 18.3 Å². The van der Waals surface area contributed by atoms with E-state index in [9.17, 15) is 14.4 Å². The molecule has 4 heterocycles. The molecule has 7 nitrogen and oxygen atoms in total. The summed E-state index contributed by atoms with van der Waals surface area (Å²) in [5.74, 6) is -1.04. The summed E-state index contributed by atoms with van der Waals surface area (Å²) in [5.41, 5.74) is 0.828. The first-order chi connectivity index (χ1) is 13.1. The number of allylic oxidation sites excluding steroid dienone is 1. The van der Waals surface area contributed by atoms with Gasteiger partial charge in [-0.05, 0) is 34.9 Å². The topological polar surface area (TPSA) is 85.4 Å². The Morgan fingerprint density at radius 2 is 1.82 bits per heavy atom. The minimum atomic E-state index is -1.18. The van der Waals surface area contributed by atoms with Crippen molar-refractivity contribution < 1.29 is 28.6 Å². The molecule has 0 radical (unpaired) electrons. The van der Waals surface area contributed by atoms with Crippen molar-refractivity contribution >= 4 is 17.5 Å². The van der Waals surface area contributed by atoms with E-state index < -0.39 is 42.0 Å². The van der Waals surface area contributed by atoms with Crippen LogP contribution in [0.25, 0.3) is 0 Å². The SMILES string of the molecule is C=C(C)C1CC(=O)[C@H]2CC(=O)C(=C(C)C)[C@@H]3OC(=O)C4(OC4[C@H]1O2)C3N(C)C. The van der Waals surface area contributed by atoms with Crippen LogP contribution in [0.5, 0.6) is 0 Å². The van der Waals surface area contributed by atoms with Crippen molar-refractivity contribution in [2.75, 3.05) is 14.1 Å². The molecule has 0 aromatic carbocycles. The molecule has 4 rings (SSSR count). The van der Waals surface area contributed by atoms with Gasteiger partial charge in [0.25, 0.3) is 0 Å². The monoisotopic (exact) mass is 389 g/mol. The number of hydrogen-bond donors (Lipinski definition) is 0. The molecule has 0 aliphatic carbocycles. The zero-order chi connectivity index (χ0) is 20.5. The van der Waals surface area contributed by atoms with Crippen molar-refractivity contribution in [1.82, 2.24) is 4.90 Å². The number of carbonyl (C=O) groups excluding carboxylic acids is 3. The van der Waals surface area contributed by atoms with Gasteiger partial charge in [-0.2, -0.15) is 0 Å². The lowest BCUT2D eigenvalue weighted by atomic mass is 9.77. The van der Waals surface area contributed by atoms with Crippen molar-refractivity contribution in [3.05, 3.63) is 23.3 Å². The summed E-state index contributed by atoms with van der Waals surface area (Å²) in [6, 6.07) is -0.442. The van der Waals surface area contributed by atoms with Crippen LogP contribution in [0, 0.1) is 5.92 Å². The first kappa shape index (κ1) is 19.5. The Morgan fingerprint density at radius 1 is 1.14 bits per heavy atom. The molecule has 7 atom stereocenters. The molecule has 28 heavy (non-hydrogen) atoms. The van der Waals surface area contributed by atoms with Gasteiger partial charge in [0.15, 0.2) is 11.6 Å². The molecule has 4 fully saturated rings. The molecule has 0 saturated carbocycles. The second-order valence-electron chi connectivity index (χ2n) is 8.82. The van der Waals surface area contributed by atoms with Crippen LogP contribution < -0.4 is 0 Å². The fraction of sp³-hybridized carbons (Fsp3) is 0.667. The third kappa shape index (κ3) is 2.56. The van der Waals surface area contributed by atoms with Gasteiger partial charge in [-0.25, -0.2) is 4.79 Å². The van der Waals surface area contributed by atoms with Gasteiger partial charge in [-0.15, -0.1) is 0 Å². The molecule has 4 saturated heterocycles. The lowest BCUT2D eigenvalue weighted by molar-refractivity contribution is -0.152. The maximum Gasteiger partial charge on any atom is 0.343 e. The average molecular weight is 389 g/mol. The number of epoxide rings is 1. The third-order valence-corrected chi connectivity index (χ3v) is 6.45. The van der Waals surface area contributed by atoms with Crippen molar-refractivity contribution in [2.45, 2.75) is 69.7 Å². The van der Waals surface area contributed by atoms with Crippen LogP contribution in [0.4, 0.5) is 0 Å². The van der Waals surface area contributed by atoms with Gasteiger partial charge in [0.2, 0.25) is 5.60 Å². The minimum Gasteiger partial charge on any atom is -0.453 e. The van der Waals surface area contributed by atoms with E-state index >= 15 is 0 Å². The van der Waals surface area contributed by atoms with Crippen LogP contribution in [0.15, 0.2) is 23.3 Å². The molecule has 0 amide bonds. The molecule has 0 aromatic heterocycles. The Hall–Kier alpha value is -1.83. The number of ether oxygens (including phenoxy) is 3. The number of fused-ring (bicyclic) bond motifs is 4. The van der Waals surface area contributed by atoms with Crippen LogP contribution in [0.3, 0.4) is 0 Å². The van der Waals surface area contributed by atoms with E-state index in [1.165, 1.54) is 0 Å². The summed E-state index contributed by atoms with van der Waals surface area (Å²) in [4.78, 5) is 40.7. The lowest BCUT2D eigenvalue weighted by Crippen LogP contribution is -2.54. The summed E-state index contributed by atoms with van der Waals surface area (Å²) < 4.78 is 17.9. The van der Waals surface area contributed by atoms with Crippen LogP contribution in [0.1, 0.15) is 33.6 Å². The predicted molar refractivity (Wildman–Crippen MR) is 99.5 cm³/mol. The fourth-order valence-electron chi connectivity index (χ4n) is 5.10. The summed E-state index contributed by atoms with van der Waals surface area (Å²) in [6.07, 6.45) is -2.39. The van der Waals surface area contributed by atoms with E-state index in [2.05, 4.69) is 6.58 Å². The Kier molecular flexibility index (Phi) is 4.41. The van der Waals surface area contributed by atoms with Gasteiger partial charge in [0.05, 0.1) is 12.1 Å². The number of rotatable bonds is 2. The molecule has 0 aromatic rings. The zero-order valence-corrected chi connectivity index (χ0v) is 17.0. The number of Topliss-reactive ketones (excluding diaryl/α,β-unsaturated/α-hetero) is 2. The van der Waals surface area contributed by atoms with E-state index in [1.54, 1.807) is 0 Å². The highest BCUT2D eigenvalue weighted by atomic mass is 16.7. The largest absolute Gasteiger partial charge is 0.453 e. The fourth-order valence-corrected chi connectivity index (χ4v) is 5.10. The standard InChI is InChI=1S/C21H27NO6/c1-9(2)11-7-12(23)14-8-13(24)15(10(3)4)17-18(22(5)6)21(20(25)27-17)19(28-21)16(11)26-14/h11,14,16-19H,1,7-8H2,2-6H3/t11?,14-,16+,17+,18?,19?,21?/m1/s1. The average Bonchev–Trinajstić information content (AvgIpc) is 3.24. The Balaban J connectivity index is 1.86. The van der Waals surface area contributed by atoms with Gasteiger partial charge < -0.3 is 14.2 Å². The molecule has 1 spiro atoms. The smallest absolute Gasteiger partial charge is 0.343 e. The molecule has 4 unspecified atom stereocenters. The number of ketones is 2. The molecular formula is C21H27NO6. The summed E-state index contributed by atoms with van der Waals surface area (Å²) >= 11 is 0. The highest BCUT2D eigenvalue weighted by Gasteiger charge is 2.78. The van der Waals surface area contributed by atoms with Crippen LogP contribution in [-0.2, 0) is 28.6 Å². The van der Waals surface area contributed by atoms with E-state index in [4.69, 9.17) is 14.2 Å². The third-order valence-electron chi connectivity index (χ3n) is 6.45. The second-order valence-corrected chi connectivity index (χ2v) is 8.82. The normalized spacial score (nSPS) is 42.2. The van der Waals surface area contributed by atoms with Crippen LogP contribution >= 0.6 is 0 Å². The molecule has 152 valence electrons. The first-order valence-corrected chi connectivity index (χ1v) is 9.69. The summed E-state index contributed by atoms with van der Waals surface area (Å²) in [7, 11) is 3.70. The van der Waals surface area contributed by atoms with E-state index in [0.717, 1.165) is 11.1 Å². The number of carbonyl (C=O) groups is 3. The maximum atomic E-state index is 13.2. The van der Waals surface area contributed by atoms with E-state index in [-0.39, 0.29) is 30.3 Å². The number of hydrogen-bond acceptors (Lipinski definition) is 7. The lowest BCUT2D eigenvalue weighted by Gasteiger charge is -2.37. The molecular weight excluding hydrogens is 362 g/mol. The molecule has 7 heteroatoms. The van der Waals surface area contributed by atoms with E-state index in [1.807, 2.05) is 39.8 Å². The van der Waals surface area contributed by atoms with E-state index in [0.29, 0.717) is 5.57 Å². The van der Waals surface area contributed by atoms with Crippen LogP contribution in [-0.4, -0.2) is 72.6 Å². The van der Waals surface area contributed by atoms with Gasteiger partial charge in [-0.3, -0.25) is 14.5 Å². The quantitative estimate of drug-likeness (QED) is 0.304. The summed E-state index contributed by atoms with van der Waals surface area (Å²) in [5, 5.41) is 0. The molecule has 4 bridgehead atoms. The van der Waals surface area contributed by atoms with Gasteiger partial charge in [-0.1, -0.05) is 17.7 Å². The van der Waals surface area contributed by atoms with Crippen LogP contribution in [0.2, 0.25) is 0 Å². The van der Waals surface area contributed by atoms with Gasteiger partial charge in [0, 0.05) is 24.3 Å². The van der Waals surface area contributed by atoms with Crippen molar-refractivity contribution in [3.8, 4) is 0 Å². The summed E-state index contributed by atoms with van der Waals surface area (Å²) in [6.45, 7) is 9.49. The highest BCUT2D eigenvalue weighted by Crippen LogP contribution is 2.55. The highest BCUT2D eigenvalue weighted by molar-refractivity contribution is 6.02. The number of esters is 1. The van der Waals surface area contributed by atoms with Crippen molar-refractivity contribution in [2.24, 2.45) is 5.92 Å². The minimum absolute atomic E-state index is 0.0489. The Morgan fingerprint density at radius 3 is 2.39 bits per heavy atom. The zero-order valence-electron chi connectivity index (χ0n) is 17.0. The van der Waals surface area contributed by atoms with Crippen molar-refractivity contribution in [1.29, 1.82) is 0 Å². The maximum absolute atomic E-state index is 13.2. The molecule has 0 N–H and O–H groups in total. The first-order valence-electron chi connectivity index (χ1n) is 9.69. The number of nitrogens with zero attached hydrogens (tertiary/aromatic N) is 1. The molecule has 4 aliphatic rings. The van der Waals surface area contributed by atoms with Crippen molar-refractivity contribution in [3.63, 3.8) is 0 Å². The van der Waals surface area contributed by atoms with Gasteiger partial charge >= 0.3 is 5.97 Å². The molecule has 4 aliphatic heterocycles. The Labute approximate surface area is 164 Å². The Bertz CT molecular complexity index is 810. The predicted octanol–water partition coefficient (Wildman–Crippen LogP) is 1.21.